The van der Waals surface area contributed by atoms with E-state index in [-0.39, 0.29) is 0 Å². The lowest BCUT2D eigenvalue weighted by atomic mass is 10.0. The monoisotopic (exact) mass is 348 g/mol. The molecule has 1 fully saturated rings. The molecule has 0 amide bonds. The van der Waals surface area contributed by atoms with Crippen LogP contribution >= 0.6 is 0 Å². The zero-order chi connectivity index (χ0) is 17.6. The molecular formula is C17H28N6O2. The summed E-state index contributed by atoms with van der Waals surface area (Å²) in [5.74, 6) is 1.46. The van der Waals surface area contributed by atoms with E-state index in [4.69, 9.17) is 4.52 Å². The summed E-state index contributed by atoms with van der Waals surface area (Å²) in [6, 6.07) is 2.30. The zero-order valence-electron chi connectivity index (χ0n) is 15.1. The third-order valence-corrected chi connectivity index (χ3v) is 4.74. The summed E-state index contributed by atoms with van der Waals surface area (Å²) in [4.78, 5) is 9.03. The predicted molar refractivity (Wildman–Crippen MR) is 92.8 cm³/mol. The maximum atomic E-state index is 10.3. The van der Waals surface area contributed by atoms with Crippen LogP contribution in [0.2, 0.25) is 0 Å². The number of likely N-dealkylation sites (N-methyl/N-ethyl adjacent to an activating group) is 1. The standard InChI is InChI=1S/C17H28N6O2/c1-3-17-19-16(20-25-17)13-22-8-4-6-14(10-22)21(2)11-15(24)12-23-9-5-7-18-23/h5,7,9,14-15,24H,3-4,6,8,10-13H2,1-2H3/t14-,15-/m0/s1. The van der Waals surface area contributed by atoms with Crippen molar-refractivity contribution in [2.75, 3.05) is 26.7 Å². The van der Waals surface area contributed by atoms with Gasteiger partial charge in [-0.1, -0.05) is 12.1 Å². The van der Waals surface area contributed by atoms with E-state index in [2.05, 4.69) is 32.1 Å². The maximum Gasteiger partial charge on any atom is 0.226 e. The molecule has 2 aromatic rings. The van der Waals surface area contributed by atoms with Crippen LogP contribution in [0.1, 0.15) is 31.5 Å². The number of aliphatic hydroxyl groups is 1. The molecule has 2 aromatic heterocycles. The Bertz CT molecular complexity index is 629. The summed E-state index contributed by atoms with van der Waals surface area (Å²) in [6.45, 7) is 5.91. The van der Waals surface area contributed by atoms with Crippen molar-refractivity contribution >= 4 is 0 Å². The summed E-state index contributed by atoms with van der Waals surface area (Å²) >= 11 is 0. The van der Waals surface area contributed by atoms with Gasteiger partial charge in [-0.15, -0.1) is 0 Å². The molecule has 0 aromatic carbocycles. The van der Waals surface area contributed by atoms with E-state index in [9.17, 15) is 5.11 Å². The largest absolute Gasteiger partial charge is 0.390 e. The van der Waals surface area contributed by atoms with E-state index in [1.165, 1.54) is 0 Å². The third kappa shape index (κ3) is 5.10. The SMILES string of the molecule is CCc1nc(CN2CCC[C@H](N(C)C[C@H](O)Cn3cccn3)C2)no1. The first-order valence-electron chi connectivity index (χ1n) is 9.03. The molecule has 0 spiro atoms. The molecule has 3 rings (SSSR count). The number of aliphatic hydroxyl groups excluding tert-OH is 1. The van der Waals surface area contributed by atoms with Gasteiger partial charge in [0.1, 0.15) is 0 Å². The van der Waals surface area contributed by atoms with Crippen molar-refractivity contribution in [2.45, 2.75) is 51.4 Å². The van der Waals surface area contributed by atoms with Gasteiger partial charge in [0, 0.05) is 37.9 Å². The minimum absolute atomic E-state index is 0.426. The van der Waals surface area contributed by atoms with Crippen LogP contribution in [0.5, 0.6) is 0 Å². The summed E-state index contributed by atoms with van der Waals surface area (Å²) in [7, 11) is 2.09. The smallest absolute Gasteiger partial charge is 0.226 e. The molecule has 0 radical (unpaired) electrons. The minimum atomic E-state index is -0.426. The molecule has 25 heavy (non-hydrogen) atoms. The van der Waals surface area contributed by atoms with Crippen molar-refractivity contribution in [2.24, 2.45) is 0 Å². The van der Waals surface area contributed by atoms with Gasteiger partial charge in [0.2, 0.25) is 5.89 Å². The number of nitrogens with zero attached hydrogens (tertiary/aromatic N) is 6. The lowest BCUT2D eigenvalue weighted by Gasteiger charge is -2.37. The van der Waals surface area contributed by atoms with Crippen molar-refractivity contribution in [3.8, 4) is 0 Å². The summed E-state index contributed by atoms with van der Waals surface area (Å²) in [5, 5.41) is 18.5. The van der Waals surface area contributed by atoms with Gasteiger partial charge in [-0.25, -0.2) is 0 Å². The van der Waals surface area contributed by atoms with E-state index in [0.717, 1.165) is 44.7 Å². The molecule has 1 aliphatic rings. The fraction of sp³-hybridized carbons (Fsp3) is 0.706. The second-order valence-electron chi connectivity index (χ2n) is 6.81. The quantitative estimate of drug-likeness (QED) is 0.755. The average molecular weight is 348 g/mol. The van der Waals surface area contributed by atoms with Crippen LogP contribution in [-0.4, -0.2) is 73.7 Å². The van der Waals surface area contributed by atoms with Crippen LogP contribution in [-0.2, 0) is 19.5 Å². The average Bonchev–Trinajstić information content (AvgIpc) is 3.26. The first-order valence-corrected chi connectivity index (χ1v) is 9.03. The maximum absolute atomic E-state index is 10.3. The van der Waals surface area contributed by atoms with E-state index >= 15 is 0 Å². The normalized spacial score (nSPS) is 20.2. The first kappa shape index (κ1) is 18.0. The number of hydrogen-bond acceptors (Lipinski definition) is 7. The molecule has 8 heteroatoms. The topological polar surface area (TPSA) is 83.5 Å². The molecule has 0 aliphatic carbocycles. The van der Waals surface area contributed by atoms with Gasteiger partial charge in [-0.2, -0.15) is 10.1 Å². The van der Waals surface area contributed by atoms with Crippen LogP contribution in [0.25, 0.3) is 0 Å². The van der Waals surface area contributed by atoms with Crippen LogP contribution in [0, 0.1) is 0 Å². The summed E-state index contributed by atoms with van der Waals surface area (Å²) < 4.78 is 6.96. The Labute approximate surface area is 148 Å². The number of aryl methyl sites for hydroxylation is 1. The van der Waals surface area contributed by atoms with Gasteiger partial charge in [-0.3, -0.25) is 14.5 Å². The van der Waals surface area contributed by atoms with Crippen LogP contribution in [0.15, 0.2) is 23.0 Å². The number of likely N-dealkylation sites (tertiary alicyclic amines) is 1. The Balaban J connectivity index is 1.48. The molecule has 0 bridgehead atoms. The number of piperidine rings is 1. The molecule has 3 heterocycles. The van der Waals surface area contributed by atoms with Crippen LogP contribution < -0.4 is 0 Å². The minimum Gasteiger partial charge on any atom is -0.390 e. The van der Waals surface area contributed by atoms with Crippen molar-refractivity contribution in [1.82, 2.24) is 29.7 Å². The van der Waals surface area contributed by atoms with Gasteiger partial charge in [-0.05, 0) is 32.5 Å². The van der Waals surface area contributed by atoms with Crippen LogP contribution in [0.4, 0.5) is 0 Å². The highest BCUT2D eigenvalue weighted by Crippen LogP contribution is 2.17. The molecule has 2 atom stereocenters. The lowest BCUT2D eigenvalue weighted by Crippen LogP contribution is -2.48. The Hall–Kier alpha value is -1.77. The van der Waals surface area contributed by atoms with E-state index < -0.39 is 6.10 Å². The van der Waals surface area contributed by atoms with Crippen molar-refractivity contribution in [3.63, 3.8) is 0 Å². The Kier molecular flexibility index (Phi) is 6.17. The molecule has 138 valence electrons. The predicted octanol–water partition coefficient (Wildman–Crippen LogP) is 0.786. The van der Waals surface area contributed by atoms with Crippen LogP contribution in [0.3, 0.4) is 0 Å². The Morgan fingerprint density at radius 3 is 3.08 bits per heavy atom. The van der Waals surface area contributed by atoms with Gasteiger partial charge >= 0.3 is 0 Å². The molecule has 0 saturated carbocycles. The molecule has 1 N–H and O–H groups in total. The van der Waals surface area contributed by atoms with Gasteiger partial charge in [0.15, 0.2) is 5.82 Å². The number of hydrogen-bond donors (Lipinski definition) is 1. The molecule has 1 saturated heterocycles. The van der Waals surface area contributed by atoms with Gasteiger partial charge < -0.3 is 9.63 Å². The number of aromatic nitrogens is 4. The highest BCUT2D eigenvalue weighted by molar-refractivity contribution is 4.89. The summed E-state index contributed by atoms with van der Waals surface area (Å²) in [6.07, 6.45) is 6.24. The fourth-order valence-corrected chi connectivity index (χ4v) is 3.40. The lowest BCUT2D eigenvalue weighted by molar-refractivity contribution is 0.0556. The molecule has 8 nitrogen and oxygen atoms in total. The fourth-order valence-electron chi connectivity index (χ4n) is 3.40. The van der Waals surface area contributed by atoms with E-state index in [1.54, 1.807) is 10.9 Å². The second-order valence-corrected chi connectivity index (χ2v) is 6.81. The molecule has 0 unspecified atom stereocenters. The zero-order valence-corrected chi connectivity index (χ0v) is 15.1. The molecular weight excluding hydrogens is 320 g/mol. The second kappa shape index (κ2) is 8.55. The number of rotatable bonds is 8. The highest BCUT2D eigenvalue weighted by Gasteiger charge is 2.25. The Morgan fingerprint density at radius 1 is 1.48 bits per heavy atom. The van der Waals surface area contributed by atoms with Crippen molar-refractivity contribution in [1.29, 1.82) is 0 Å². The van der Waals surface area contributed by atoms with E-state index in [1.807, 2.05) is 19.2 Å². The third-order valence-electron chi connectivity index (χ3n) is 4.74. The van der Waals surface area contributed by atoms with Gasteiger partial charge in [0.25, 0.3) is 0 Å². The van der Waals surface area contributed by atoms with E-state index in [0.29, 0.717) is 25.0 Å². The van der Waals surface area contributed by atoms with Gasteiger partial charge in [0.05, 0.1) is 19.2 Å². The highest BCUT2D eigenvalue weighted by atomic mass is 16.5. The molecule has 1 aliphatic heterocycles. The van der Waals surface area contributed by atoms with Crippen molar-refractivity contribution in [3.05, 3.63) is 30.2 Å². The Morgan fingerprint density at radius 2 is 2.36 bits per heavy atom. The first-order chi connectivity index (χ1) is 12.1. The van der Waals surface area contributed by atoms with Crippen molar-refractivity contribution < 1.29 is 9.63 Å². The summed E-state index contributed by atoms with van der Waals surface area (Å²) in [5.41, 5.74) is 0.